The van der Waals surface area contributed by atoms with Crippen LogP contribution in [0.2, 0.25) is 0 Å². The van der Waals surface area contributed by atoms with E-state index < -0.39 is 11.7 Å². The highest BCUT2D eigenvalue weighted by atomic mass is 16.4. The first-order valence-electron chi connectivity index (χ1n) is 5.78. The molecule has 2 unspecified atom stereocenters. The summed E-state index contributed by atoms with van der Waals surface area (Å²) in [7, 11) is 0. The maximum Gasteiger partial charge on any atom is 0.404 e. The van der Waals surface area contributed by atoms with Crippen LogP contribution in [0.3, 0.4) is 0 Å². The topological polar surface area (TPSA) is 69.6 Å². The number of rotatable bonds is 1. The molecule has 0 radical (unpaired) electrons. The molecule has 4 saturated carbocycles. The molecule has 0 saturated heterocycles. The Kier molecular flexibility index (Phi) is 1.81. The van der Waals surface area contributed by atoms with E-state index in [0.29, 0.717) is 17.8 Å². The van der Waals surface area contributed by atoms with Gasteiger partial charge in [-0.2, -0.15) is 0 Å². The smallest absolute Gasteiger partial charge is 0.404 e. The Hall–Kier alpha value is -0.770. The van der Waals surface area contributed by atoms with Gasteiger partial charge in [0.2, 0.25) is 0 Å². The molecule has 1 amide bonds. The van der Waals surface area contributed by atoms with Crippen LogP contribution in [0, 0.1) is 17.8 Å². The summed E-state index contributed by atoms with van der Waals surface area (Å²) < 4.78 is 0. The van der Waals surface area contributed by atoms with Crippen molar-refractivity contribution in [1.29, 1.82) is 0 Å². The zero-order chi connectivity index (χ0) is 10.6. The molecule has 4 nitrogen and oxygen atoms in total. The molecule has 0 aromatic heterocycles. The predicted octanol–water partition coefficient (Wildman–Crippen LogP) is 1.19. The Balaban J connectivity index is 1.82. The first-order chi connectivity index (χ1) is 7.06. The summed E-state index contributed by atoms with van der Waals surface area (Å²) in [4.78, 5) is 10.7. The van der Waals surface area contributed by atoms with Crippen molar-refractivity contribution in [3.05, 3.63) is 0 Å². The largest absolute Gasteiger partial charge is 0.465 e. The highest BCUT2D eigenvalue weighted by Crippen LogP contribution is 2.55. The highest BCUT2D eigenvalue weighted by molar-refractivity contribution is 5.65. The van der Waals surface area contributed by atoms with E-state index in [0.717, 1.165) is 32.1 Å². The molecule has 3 N–H and O–H groups in total. The number of carbonyl (C=O) groups is 1. The molecule has 0 heterocycles. The third kappa shape index (κ3) is 1.42. The van der Waals surface area contributed by atoms with Crippen molar-refractivity contribution in [2.75, 3.05) is 0 Å². The van der Waals surface area contributed by atoms with Gasteiger partial charge in [0.05, 0.1) is 5.60 Å². The van der Waals surface area contributed by atoms with Crippen molar-refractivity contribution >= 4 is 6.09 Å². The van der Waals surface area contributed by atoms with Crippen LogP contribution >= 0.6 is 0 Å². The van der Waals surface area contributed by atoms with E-state index in [-0.39, 0.29) is 6.04 Å². The third-order valence-corrected chi connectivity index (χ3v) is 4.53. The monoisotopic (exact) mass is 211 g/mol. The number of hydrogen-bond donors (Lipinski definition) is 3. The van der Waals surface area contributed by atoms with Crippen LogP contribution in [0.5, 0.6) is 0 Å². The van der Waals surface area contributed by atoms with E-state index in [9.17, 15) is 9.90 Å². The molecule has 0 aromatic carbocycles. The van der Waals surface area contributed by atoms with E-state index >= 15 is 0 Å². The molecule has 0 spiro atoms. The molecule has 4 rings (SSSR count). The van der Waals surface area contributed by atoms with Crippen molar-refractivity contribution in [2.45, 2.75) is 43.7 Å². The van der Waals surface area contributed by atoms with Gasteiger partial charge in [-0.1, -0.05) is 0 Å². The summed E-state index contributed by atoms with van der Waals surface area (Å²) in [5, 5.41) is 21.7. The van der Waals surface area contributed by atoms with Gasteiger partial charge in [0, 0.05) is 6.04 Å². The minimum atomic E-state index is -0.917. The van der Waals surface area contributed by atoms with Crippen molar-refractivity contribution in [3.63, 3.8) is 0 Å². The van der Waals surface area contributed by atoms with Gasteiger partial charge in [0.25, 0.3) is 0 Å². The number of carboxylic acid groups (broad SMARTS) is 1. The Morgan fingerprint density at radius 1 is 1.20 bits per heavy atom. The molecule has 4 aliphatic rings. The van der Waals surface area contributed by atoms with Gasteiger partial charge in [-0.3, -0.25) is 0 Å². The summed E-state index contributed by atoms with van der Waals surface area (Å²) >= 11 is 0. The molecule has 15 heavy (non-hydrogen) atoms. The van der Waals surface area contributed by atoms with Gasteiger partial charge in [0.1, 0.15) is 0 Å². The quantitative estimate of drug-likeness (QED) is 0.610. The van der Waals surface area contributed by atoms with Crippen molar-refractivity contribution in [1.82, 2.24) is 5.32 Å². The molecule has 4 heteroatoms. The van der Waals surface area contributed by atoms with E-state index in [1.807, 2.05) is 0 Å². The summed E-state index contributed by atoms with van der Waals surface area (Å²) in [6.45, 7) is 0. The average Bonchev–Trinajstić information content (AvgIpc) is 2.08. The second-order valence-electron chi connectivity index (χ2n) is 5.67. The molecular weight excluding hydrogens is 194 g/mol. The second-order valence-corrected chi connectivity index (χ2v) is 5.67. The van der Waals surface area contributed by atoms with Gasteiger partial charge < -0.3 is 15.5 Å². The van der Waals surface area contributed by atoms with Crippen LogP contribution in [0.1, 0.15) is 32.1 Å². The molecule has 0 aliphatic heterocycles. The summed E-state index contributed by atoms with van der Waals surface area (Å²) in [5.41, 5.74) is -0.465. The number of aliphatic hydroxyl groups is 1. The fourth-order valence-corrected chi connectivity index (χ4v) is 4.36. The Morgan fingerprint density at radius 3 is 2.27 bits per heavy atom. The minimum absolute atomic E-state index is 0.0966. The molecule has 0 aromatic rings. The lowest BCUT2D eigenvalue weighted by atomic mass is 9.52. The fourth-order valence-electron chi connectivity index (χ4n) is 4.36. The predicted molar refractivity (Wildman–Crippen MR) is 53.5 cm³/mol. The zero-order valence-electron chi connectivity index (χ0n) is 8.65. The molecule has 84 valence electrons. The second kappa shape index (κ2) is 2.88. The number of nitrogens with one attached hydrogen (secondary N) is 1. The van der Waals surface area contributed by atoms with E-state index in [1.165, 1.54) is 0 Å². The summed E-state index contributed by atoms with van der Waals surface area (Å²) in [5.74, 6) is 1.38. The Bertz CT molecular complexity index is 288. The lowest BCUT2D eigenvalue weighted by Gasteiger charge is -2.57. The van der Waals surface area contributed by atoms with Crippen molar-refractivity contribution < 1.29 is 15.0 Å². The van der Waals surface area contributed by atoms with Gasteiger partial charge >= 0.3 is 6.09 Å². The van der Waals surface area contributed by atoms with Crippen LogP contribution in [0.15, 0.2) is 0 Å². The van der Waals surface area contributed by atoms with E-state index in [1.54, 1.807) is 0 Å². The van der Waals surface area contributed by atoms with Crippen molar-refractivity contribution in [3.8, 4) is 0 Å². The summed E-state index contributed by atoms with van der Waals surface area (Å²) in [6.07, 6.45) is 3.82. The van der Waals surface area contributed by atoms with Crippen LogP contribution < -0.4 is 5.32 Å². The van der Waals surface area contributed by atoms with Crippen LogP contribution in [0.4, 0.5) is 4.79 Å². The zero-order valence-corrected chi connectivity index (χ0v) is 8.65. The van der Waals surface area contributed by atoms with Crippen LogP contribution in [-0.2, 0) is 0 Å². The lowest BCUT2D eigenvalue weighted by molar-refractivity contribution is -0.137. The minimum Gasteiger partial charge on any atom is -0.465 e. The fraction of sp³-hybridized carbons (Fsp3) is 0.909. The Morgan fingerprint density at radius 2 is 1.80 bits per heavy atom. The Labute approximate surface area is 88.7 Å². The van der Waals surface area contributed by atoms with Crippen molar-refractivity contribution in [2.24, 2.45) is 17.8 Å². The first kappa shape index (κ1) is 9.46. The SMILES string of the molecule is O=C(O)NC1C2CC3CC1CC(O)(C3)C2. The maximum absolute atomic E-state index is 10.7. The average molecular weight is 211 g/mol. The third-order valence-electron chi connectivity index (χ3n) is 4.53. The molecule has 4 aliphatic carbocycles. The molecule has 2 atom stereocenters. The lowest BCUT2D eigenvalue weighted by Crippen LogP contribution is -2.61. The van der Waals surface area contributed by atoms with Gasteiger partial charge in [0.15, 0.2) is 0 Å². The number of amides is 1. The summed E-state index contributed by atoms with van der Waals surface area (Å²) in [6, 6.07) is 0.0966. The van der Waals surface area contributed by atoms with Gasteiger partial charge in [-0.25, -0.2) is 4.79 Å². The molecule has 4 fully saturated rings. The molecular formula is C11H17NO3. The molecule has 4 bridgehead atoms. The van der Waals surface area contributed by atoms with E-state index in [4.69, 9.17) is 5.11 Å². The van der Waals surface area contributed by atoms with Crippen LogP contribution in [0.25, 0.3) is 0 Å². The standard InChI is InChI=1S/C11H17NO3/c13-10(14)12-9-7-1-6-2-8(9)5-11(15,3-6)4-7/h6-9,12,15H,1-5H2,(H,13,14). The van der Waals surface area contributed by atoms with Gasteiger partial charge in [-0.05, 0) is 49.9 Å². The first-order valence-corrected chi connectivity index (χ1v) is 5.78. The number of hydrogen-bond acceptors (Lipinski definition) is 2. The maximum atomic E-state index is 10.7. The van der Waals surface area contributed by atoms with Gasteiger partial charge in [-0.15, -0.1) is 0 Å². The highest BCUT2D eigenvalue weighted by Gasteiger charge is 2.54. The van der Waals surface area contributed by atoms with Crippen LogP contribution in [-0.4, -0.2) is 27.9 Å². The normalized spacial score (nSPS) is 51.8. The van der Waals surface area contributed by atoms with E-state index in [2.05, 4.69) is 5.32 Å².